The van der Waals surface area contributed by atoms with Gasteiger partial charge in [0.2, 0.25) is 5.91 Å². The minimum absolute atomic E-state index is 0.0573. The molecule has 0 saturated heterocycles. The number of amides is 1. The number of nitrogens with zero attached hydrogens (tertiary/aromatic N) is 2. The second kappa shape index (κ2) is 9.54. The molecule has 0 bridgehead atoms. The maximum absolute atomic E-state index is 12.5. The van der Waals surface area contributed by atoms with Crippen LogP contribution in [0, 0.1) is 13.8 Å². The average Bonchev–Trinajstić information content (AvgIpc) is 3.11. The summed E-state index contributed by atoms with van der Waals surface area (Å²) in [6.45, 7) is 4.09. The molecule has 0 atom stereocenters. The van der Waals surface area contributed by atoms with Gasteiger partial charge in [0.1, 0.15) is 0 Å². The van der Waals surface area contributed by atoms with Crippen molar-refractivity contribution in [2.75, 3.05) is 11.1 Å². The summed E-state index contributed by atoms with van der Waals surface area (Å²) >= 11 is 4.93. The van der Waals surface area contributed by atoms with Gasteiger partial charge in [-0.1, -0.05) is 75.7 Å². The fourth-order valence-corrected chi connectivity index (χ4v) is 4.42. The van der Waals surface area contributed by atoms with Crippen molar-refractivity contribution in [2.45, 2.75) is 19.0 Å². The molecule has 0 radical (unpaired) electrons. The molecule has 1 heterocycles. The van der Waals surface area contributed by atoms with Gasteiger partial charge in [-0.05, 0) is 50.2 Å². The predicted molar refractivity (Wildman–Crippen MR) is 132 cm³/mol. The molecule has 0 spiro atoms. The molecule has 156 valence electrons. The van der Waals surface area contributed by atoms with Crippen LogP contribution in [-0.4, -0.2) is 21.2 Å². The zero-order valence-electron chi connectivity index (χ0n) is 17.3. The van der Waals surface area contributed by atoms with Gasteiger partial charge in [0, 0.05) is 27.1 Å². The number of nitrogens with one attached hydrogen (secondary N) is 1. The van der Waals surface area contributed by atoms with Crippen molar-refractivity contribution in [3.05, 3.63) is 94.6 Å². The molecule has 0 aliphatic carbocycles. The van der Waals surface area contributed by atoms with Gasteiger partial charge in [0.15, 0.2) is 5.16 Å². The minimum atomic E-state index is -0.0573. The summed E-state index contributed by atoms with van der Waals surface area (Å²) in [6.07, 6.45) is 0. The molecule has 31 heavy (non-hydrogen) atoms. The average molecular weight is 492 g/mol. The number of hydrogen-bond acceptors (Lipinski definition) is 3. The van der Waals surface area contributed by atoms with Crippen LogP contribution in [0.25, 0.3) is 16.9 Å². The Balaban J connectivity index is 1.61. The molecule has 6 heteroatoms. The summed E-state index contributed by atoms with van der Waals surface area (Å²) in [7, 11) is 0. The lowest BCUT2D eigenvalue weighted by Crippen LogP contribution is -2.14. The summed E-state index contributed by atoms with van der Waals surface area (Å²) in [5, 5.41) is 3.75. The second-order valence-electron chi connectivity index (χ2n) is 7.21. The van der Waals surface area contributed by atoms with Crippen molar-refractivity contribution in [1.82, 2.24) is 9.55 Å². The molecule has 4 nitrogen and oxygen atoms in total. The molecule has 0 fully saturated rings. The highest BCUT2D eigenvalue weighted by Crippen LogP contribution is 2.31. The van der Waals surface area contributed by atoms with Crippen molar-refractivity contribution >= 4 is 39.3 Å². The minimum Gasteiger partial charge on any atom is -0.325 e. The lowest BCUT2D eigenvalue weighted by atomic mass is 10.1. The highest BCUT2D eigenvalue weighted by Gasteiger charge is 2.18. The standard InChI is InChI=1S/C25H22BrN3OS/c1-17-8-12-21(13-9-17)27-23(30)16-31-25-28-24(19-6-4-3-5-7-19)18(2)29(25)22-14-10-20(26)11-15-22/h3-15H,16H2,1-2H3,(H,27,30). The Morgan fingerprint density at radius 2 is 1.65 bits per heavy atom. The summed E-state index contributed by atoms with van der Waals surface area (Å²) < 4.78 is 3.13. The number of aromatic nitrogens is 2. The van der Waals surface area contributed by atoms with Crippen molar-refractivity contribution in [1.29, 1.82) is 0 Å². The maximum Gasteiger partial charge on any atom is 0.234 e. The van der Waals surface area contributed by atoms with E-state index >= 15 is 0 Å². The van der Waals surface area contributed by atoms with E-state index in [9.17, 15) is 4.79 Å². The van der Waals surface area contributed by atoms with Crippen LogP contribution in [0.3, 0.4) is 0 Å². The van der Waals surface area contributed by atoms with E-state index in [1.807, 2.05) is 73.7 Å². The Morgan fingerprint density at radius 1 is 0.968 bits per heavy atom. The summed E-state index contributed by atoms with van der Waals surface area (Å²) in [5.74, 6) is 0.216. The number of anilines is 1. The Hall–Kier alpha value is -2.83. The summed E-state index contributed by atoms with van der Waals surface area (Å²) in [4.78, 5) is 17.5. The highest BCUT2D eigenvalue weighted by molar-refractivity contribution is 9.10. The van der Waals surface area contributed by atoms with Crippen molar-refractivity contribution in [2.24, 2.45) is 0 Å². The molecule has 3 aromatic carbocycles. The number of thioether (sulfide) groups is 1. The zero-order chi connectivity index (χ0) is 21.8. The molecular weight excluding hydrogens is 470 g/mol. The van der Waals surface area contributed by atoms with Gasteiger partial charge in [-0.3, -0.25) is 9.36 Å². The van der Waals surface area contributed by atoms with Crippen molar-refractivity contribution in [3.63, 3.8) is 0 Å². The van der Waals surface area contributed by atoms with Crippen molar-refractivity contribution in [3.8, 4) is 16.9 Å². The number of carbonyl (C=O) groups excluding carboxylic acids is 1. The predicted octanol–water partition coefficient (Wildman–Crippen LogP) is 6.65. The van der Waals surface area contributed by atoms with E-state index in [1.165, 1.54) is 11.8 Å². The first-order valence-electron chi connectivity index (χ1n) is 9.91. The third kappa shape index (κ3) is 5.09. The first-order valence-corrected chi connectivity index (χ1v) is 11.7. The summed E-state index contributed by atoms with van der Waals surface area (Å²) in [5.41, 5.74) is 5.99. The third-order valence-corrected chi connectivity index (χ3v) is 6.34. The molecular formula is C25H22BrN3OS. The van der Waals surface area contributed by atoms with E-state index in [2.05, 4.69) is 44.9 Å². The van der Waals surface area contributed by atoms with E-state index < -0.39 is 0 Å². The Labute approximate surface area is 194 Å². The van der Waals surface area contributed by atoms with E-state index in [4.69, 9.17) is 4.98 Å². The number of benzene rings is 3. The van der Waals surface area contributed by atoms with Crippen LogP contribution in [0.1, 0.15) is 11.3 Å². The van der Waals surface area contributed by atoms with E-state index in [-0.39, 0.29) is 11.7 Å². The lowest BCUT2D eigenvalue weighted by Gasteiger charge is -2.10. The monoisotopic (exact) mass is 491 g/mol. The molecule has 4 aromatic rings. The maximum atomic E-state index is 12.5. The number of halogens is 1. The van der Waals surface area contributed by atoms with Crippen LogP contribution >= 0.6 is 27.7 Å². The van der Waals surface area contributed by atoms with Gasteiger partial charge >= 0.3 is 0 Å². The van der Waals surface area contributed by atoms with Crippen molar-refractivity contribution < 1.29 is 4.79 Å². The largest absolute Gasteiger partial charge is 0.325 e. The number of imidazole rings is 1. The fourth-order valence-electron chi connectivity index (χ4n) is 3.30. The van der Waals surface area contributed by atoms with Gasteiger partial charge in [-0.25, -0.2) is 4.98 Å². The van der Waals surface area contributed by atoms with Gasteiger partial charge in [0.25, 0.3) is 0 Å². The molecule has 1 aromatic heterocycles. The first-order chi connectivity index (χ1) is 15.0. The number of hydrogen-bond donors (Lipinski definition) is 1. The quantitative estimate of drug-likeness (QED) is 0.307. The Morgan fingerprint density at radius 3 is 2.32 bits per heavy atom. The topological polar surface area (TPSA) is 46.9 Å². The zero-order valence-corrected chi connectivity index (χ0v) is 19.7. The molecule has 1 amide bonds. The molecule has 0 unspecified atom stereocenters. The normalized spacial score (nSPS) is 10.8. The Bertz CT molecular complexity index is 1190. The lowest BCUT2D eigenvalue weighted by molar-refractivity contribution is -0.113. The van der Waals surface area contributed by atoms with E-state index in [0.717, 1.165) is 43.5 Å². The van der Waals surface area contributed by atoms with Crippen LogP contribution in [0.4, 0.5) is 5.69 Å². The van der Waals surface area contributed by atoms with E-state index in [0.29, 0.717) is 0 Å². The van der Waals surface area contributed by atoms with Crippen LogP contribution in [0.2, 0.25) is 0 Å². The molecule has 1 N–H and O–H groups in total. The van der Waals surface area contributed by atoms with Gasteiger partial charge in [-0.15, -0.1) is 0 Å². The fraction of sp³-hybridized carbons (Fsp3) is 0.120. The van der Waals surface area contributed by atoms with E-state index in [1.54, 1.807) is 0 Å². The van der Waals surface area contributed by atoms with Gasteiger partial charge < -0.3 is 5.32 Å². The van der Waals surface area contributed by atoms with Crippen LogP contribution in [-0.2, 0) is 4.79 Å². The number of rotatable bonds is 6. The number of aryl methyl sites for hydroxylation is 1. The van der Waals surface area contributed by atoms with Crippen LogP contribution in [0.5, 0.6) is 0 Å². The second-order valence-corrected chi connectivity index (χ2v) is 9.07. The summed E-state index contributed by atoms with van der Waals surface area (Å²) in [6, 6.07) is 26.0. The van der Waals surface area contributed by atoms with Crippen LogP contribution < -0.4 is 5.32 Å². The van der Waals surface area contributed by atoms with Crippen LogP contribution in [0.15, 0.2) is 88.5 Å². The number of carbonyl (C=O) groups is 1. The molecule has 0 saturated carbocycles. The first kappa shape index (κ1) is 21.4. The van der Waals surface area contributed by atoms with Gasteiger partial charge in [0.05, 0.1) is 11.4 Å². The third-order valence-electron chi connectivity index (χ3n) is 4.88. The van der Waals surface area contributed by atoms with Gasteiger partial charge in [-0.2, -0.15) is 0 Å². The smallest absolute Gasteiger partial charge is 0.234 e. The molecule has 0 aliphatic rings. The highest BCUT2D eigenvalue weighted by atomic mass is 79.9. The Kier molecular flexibility index (Phi) is 6.59. The molecule has 4 rings (SSSR count). The molecule has 0 aliphatic heterocycles. The SMILES string of the molecule is Cc1ccc(NC(=O)CSc2nc(-c3ccccc3)c(C)n2-c2ccc(Br)cc2)cc1.